The predicted molar refractivity (Wildman–Crippen MR) is 137 cm³/mol. The normalized spacial score (nSPS) is 23.7. The minimum atomic E-state index is 0.377. The summed E-state index contributed by atoms with van der Waals surface area (Å²) in [6.45, 7) is 0.377. The third-order valence-electron chi connectivity index (χ3n) is 7.92. The van der Waals surface area contributed by atoms with Gasteiger partial charge in [0.2, 0.25) is 0 Å². The molecular formula is C28H55OP. The molecule has 1 nitrogen and oxygen atoms in total. The van der Waals surface area contributed by atoms with E-state index in [0.717, 1.165) is 6.42 Å². The topological polar surface area (TPSA) is 20.2 Å². The Balaban J connectivity index is 1.25. The highest BCUT2D eigenvalue weighted by molar-refractivity contribution is 7.59. The van der Waals surface area contributed by atoms with Crippen LogP contribution in [0.2, 0.25) is 0 Å². The molecule has 2 bridgehead atoms. The highest BCUT2D eigenvalue weighted by atomic mass is 31.1. The minimum Gasteiger partial charge on any atom is -0.396 e. The summed E-state index contributed by atoms with van der Waals surface area (Å²) in [6.07, 6.45) is 36.8. The molecule has 2 saturated heterocycles. The lowest BCUT2D eigenvalue weighted by Crippen LogP contribution is -2.03. The smallest absolute Gasteiger partial charge is 0.0431 e. The van der Waals surface area contributed by atoms with Crippen LogP contribution in [0.15, 0.2) is 0 Å². The molecular weight excluding hydrogens is 383 g/mol. The van der Waals surface area contributed by atoms with Gasteiger partial charge in [0.05, 0.1) is 0 Å². The van der Waals surface area contributed by atoms with Gasteiger partial charge in [-0.25, -0.2) is 0 Å². The Labute approximate surface area is 191 Å². The molecule has 0 aromatic heterocycles. The van der Waals surface area contributed by atoms with E-state index in [-0.39, 0.29) is 0 Å². The summed E-state index contributed by atoms with van der Waals surface area (Å²) in [7, 11) is 0.437. The van der Waals surface area contributed by atoms with Crippen LogP contribution in [0.4, 0.5) is 0 Å². The summed E-state index contributed by atoms with van der Waals surface area (Å²) in [5, 5.41) is 8.77. The standard InChI is InChI=1S/C28H55OP/c29-25-19-15-13-11-9-7-5-3-1-2-4-6-8-10-12-14-16-20-26-30-27-21-17-18-22-28(30)24-23-27/h27-29H,1-26H2. The van der Waals surface area contributed by atoms with Crippen molar-refractivity contribution in [2.24, 2.45) is 0 Å². The molecule has 2 aliphatic rings. The van der Waals surface area contributed by atoms with Crippen LogP contribution < -0.4 is 0 Å². The van der Waals surface area contributed by atoms with Crippen molar-refractivity contribution < 1.29 is 5.11 Å². The van der Waals surface area contributed by atoms with E-state index < -0.39 is 0 Å². The molecule has 2 heteroatoms. The average Bonchev–Trinajstić information content (AvgIpc) is 3.01. The zero-order valence-electron chi connectivity index (χ0n) is 20.4. The molecule has 0 aliphatic carbocycles. The van der Waals surface area contributed by atoms with E-state index in [2.05, 4.69) is 0 Å². The number of aliphatic hydroxyl groups is 1. The average molecular weight is 439 g/mol. The number of fused-ring (bicyclic) bond motifs is 2. The second-order valence-electron chi connectivity index (χ2n) is 10.5. The van der Waals surface area contributed by atoms with Crippen molar-refractivity contribution >= 4 is 7.92 Å². The molecule has 0 spiro atoms. The van der Waals surface area contributed by atoms with Crippen molar-refractivity contribution in [3.05, 3.63) is 0 Å². The summed E-state index contributed by atoms with van der Waals surface area (Å²) in [5.74, 6) is 0. The number of rotatable bonds is 20. The maximum absolute atomic E-state index is 8.77. The molecule has 30 heavy (non-hydrogen) atoms. The van der Waals surface area contributed by atoms with Crippen molar-refractivity contribution in [1.29, 1.82) is 0 Å². The van der Waals surface area contributed by atoms with E-state index in [4.69, 9.17) is 5.11 Å². The first-order valence-electron chi connectivity index (χ1n) is 14.3. The molecule has 0 radical (unpaired) electrons. The molecule has 2 heterocycles. The van der Waals surface area contributed by atoms with Crippen LogP contribution in [-0.2, 0) is 0 Å². The van der Waals surface area contributed by atoms with Crippen LogP contribution in [0.5, 0.6) is 0 Å². The molecule has 0 aromatic carbocycles. The van der Waals surface area contributed by atoms with E-state index in [0.29, 0.717) is 14.5 Å². The zero-order chi connectivity index (χ0) is 21.1. The maximum Gasteiger partial charge on any atom is 0.0431 e. The van der Waals surface area contributed by atoms with E-state index in [9.17, 15) is 0 Å². The Morgan fingerprint density at radius 2 is 0.767 bits per heavy atom. The van der Waals surface area contributed by atoms with Crippen molar-refractivity contribution in [3.8, 4) is 0 Å². The minimum absolute atomic E-state index is 0.377. The highest BCUT2D eigenvalue weighted by Gasteiger charge is 2.35. The summed E-state index contributed by atoms with van der Waals surface area (Å²) < 4.78 is 0. The fraction of sp³-hybridized carbons (Fsp3) is 1.00. The lowest BCUT2D eigenvalue weighted by Gasteiger charge is -2.23. The van der Waals surface area contributed by atoms with Crippen LogP contribution in [0.3, 0.4) is 0 Å². The Morgan fingerprint density at radius 1 is 0.433 bits per heavy atom. The second kappa shape index (κ2) is 18.9. The fourth-order valence-corrected chi connectivity index (χ4v) is 9.90. The third-order valence-corrected chi connectivity index (χ3v) is 11.7. The van der Waals surface area contributed by atoms with E-state index >= 15 is 0 Å². The lowest BCUT2D eigenvalue weighted by molar-refractivity contribution is 0.282. The van der Waals surface area contributed by atoms with Gasteiger partial charge in [0.1, 0.15) is 0 Å². The number of hydrogen-bond acceptors (Lipinski definition) is 1. The van der Waals surface area contributed by atoms with Gasteiger partial charge in [-0.15, -0.1) is 7.92 Å². The Morgan fingerprint density at radius 3 is 1.13 bits per heavy atom. The van der Waals surface area contributed by atoms with Gasteiger partial charge in [-0.2, -0.15) is 0 Å². The van der Waals surface area contributed by atoms with Gasteiger partial charge in [0, 0.05) is 6.61 Å². The van der Waals surface area contributed by atoms with Gasteiger partial charge in [-0.05, 0) is 56.0 Å². The molecule has 178 valence electrons. The molecule has 0 aromatic rings. The summed E-state index contributed by atoms with van der Waals surface area (Å²) in [6, 6.07) is 0. The van der Waals surface area contributed by atoms with Crippen molar-refractivity contribution in [1.82, 2.24) is 0 Å². The lowest BCUT2D eigenvalue weighted by atomic mass is 10.0. The van der Waals surface area contributed by atoms with E-state index in [1.165, 1.54) is 114 Å². The molecule has 2 unspecified atom stereocenters. The van der Waals surface area contributed by atoms with Crippen LogP contribution in [0.1, 0.15) is 154 Å². The van der Waals surface area contributed by atoms with Crippen LogP contribution >= 0.6 is 7.92 Å². The van der Waals surface area contributed by atoms with Gasteiger partial charge in [-0.3, -0.25) is 0 Å². The first kappa shape index (κ1) is 26.6. The van der Waals surface area contributed by atoms with Gasteiger partial charge in [-0.1, -0.05) is 116 Å². The summed E-state index contributed by atoms with van der Waals surface area (Å²) in [4.78, 5) is 0. The first-order valence-corrected chi connectivity index (χ1v) is 15.9. The number of aliphatic hydroxyl groups excluding tert-OH is 1. The fourth-order valence-electron chi connectivity index (χ4n) is 5.99. The van der Waals surface area contributed by atoms with Gasteiger partial charge in [0.15, 0.2) is 0 Å². The Kier molecular flexibility index (Phi) is 16.8. The SMILES string of the molecule is OCCCCCCCCCCCCCCCCCCCCP1C2CCCCC1CC2. The Hall–Kier alpha value is 0.390. The van der Waals surface area contributed by atoms with Crippen molar-refractivity contribution in [2.75, 3.05) is 12.8 Å². The van der Waals surface area contributed by atoms with Crippen molar-refractivity contribution in [3.63, 3.8) is 0 Å². The van der Waals surface area contributed by atoms with Gasteiger partial charge >= 0.3 is 0 Å². The summed E-state index contributed by atoms with van der Waals surface area (Å²) in [5.41, 5.74) is 2.38. The molecule has 1 N–H and O–H groups in total. The van der Waals surface area contributed by atoms with Crippen molar-refractivity contribution in [2.45, 2.75) is 165 Å². The largest absolute Gasteiger partial charge is 0.396 e. The number of unbranched alkanes of at least 4 members (excludes halogenated alkanes) is 17. The Bertz CT molecular complexity index is 358. The van der Waals surface area contributed by atoms with Gasteiger partial charge in [0.25, 0.3) is 0 Å². The monoisotopic (exact) mass is 438 g/mol. The molecule has 0 saturated carbocycles. The molecule has 0 amide bonds. The van der Waals surface area contributed by atoms with Crippen LogP contribution in [-0.4, -0.2) is 29.2 Å². The quantitative estimate of drug-likeness (QED) is 0.148. The molecule has 2 fully saturated rings. The zero-order valence-corrected chi connectivity index (χ0v) is 21.3. The first-order chi connectivity index (χ1) is 14.9. The summed E-state index contributed by atoms with van der Waals surface area (Å²) >= 11 is 0. The van der Waals surface area contributed by atoms with E-state index in [1.807, 2.05) is 0 Å². The maximum atomic E-state index is 8.77. The van der Waals surface area contributed by atoms with E-state index in [1.54, 1.807) is 51.1 Å². The van der Waals surface area contributed by atoms with Crippen LogP contribution in [0, 0.1) is 0 Å². The molecule has 2 aliphatic heterocycles. The third kappa shape index (κ3) is 12.4. The highest BCUT2D eigenvalue weighted by Crippen LogP contribution is 2.60. The number of hydrogen-bond donors (Lipinski definition) is 1. The van der Waals surface area contributed by atoms with Gasteiger partial charge < -0.3 is 5.11 Å². The molecule has 2 rings (SSSR count). The molecule has 2 atom stereocenters. The van der Waals surface area contributed by atoms with Crippen LogP contribution in [0.25, 0.3) is 0 Å². The second-order valence-corrected chi connectivity index (χ2v) is 13.4. The predicted octanol–water partition coefficient (Wildman–Crippen LogP) is 9.59.